The molecule has 1 rings (SSSR count). The van der Waals surface area contributed by atoms with E-state index >= 15 is 0 Å². The number of hydrogen-bond donors (Lipinski definition) is 2. The van der Waals surface area contributed by atoms with Crippen LogP contribution in [0.4, 0.5) is 0 Å². The monoisotopic (exact) mass is 317 g/mol. The zero-order chi connectivity index (χ0) is 16.0. The second kappa shape index (κ2) is 7.28. The predicted molar refractivity (Wildman–Crippen MR) is 76.2 cm³/mol. The molecule has 0 aliphatic heterocycles. The fourth-order valence-electron chi connectivity index (χ4n) is 1.77. The summed E-state index contributed by atoms with van der Waals surface area (Å²) in [5.41, 5.74) is 0. The third-order valence-corrected chi connectivity index (χ3v) is 4.34. The van der Waals surface area contributed by atoms with E-state index in [2.05, 4.69) is 4.72 Å². The lowest BCUT2D eigenvalue weighted by atomic mass is 10.2. The molecular formula is C13H19NO6S. The van der Waals surface area contributed by atoms with Gasteiger partial charge in [-0.05, 0) is 18.6 Å². The molecule has 0 fully saturated rings. The summed E-state index contributed by atoms with van der Waals surface area (Å²) in [7, 11) is -1.23. The minimum Gasteiger partial charge on any atom is -0.497 e. The molecule has 21 heavy (non-hydrogen) atoms. The lowest BCUT2D eigenvalue weighted by molar-refractivity contribution is -0.139. The third kappa shape index (κ3) is 4.33. The molecule has 0 aliphatic rings. The molecule has 0 saturated carbocycles. The zero-order valence-electron chi connectivity index (χ0n) is 12.1. The second-order valence-corrected chi connectivity index (χ2v) is 6.00. The first kappa shape index (κ1) is 17.3. The maximum Gasteiger partial charge on any atom is 0.321 e. The molecule has 7 nitrogen and oxygen atoms in total. The van der Waals surface area contributed by atoms with Gasteiger partial charge in [0.2, 0.25) is 10.0 Å². The van der Waals surface area contributed by atoms with E-state index in [1.54, 1.807) is 6.92 Å². The van der Waals surface area contributed by atoms with Crippen molar-refractivity contribution >= 4 is 16.0 Å². The fourth-order valence-corrected chi connectivity index (χ4v) is 3.14. The molecule has 1 aromatic rings. The molecule has 0 aromatic heterocycles. The molecule has 0 spiro atoms. The van der Waals surface area contributed by atoms with E-state index in [0.717, 1.165) is 0 Å². The molecule has 0 radical (unpaired) electrons. The van der Waals surface area contributed by atoms with Gasteiger partial charge < -0.3 is 14.6 Å². The number of hydrogen-bond acceptors (Lipinski definition) is 5. The Morgan fingerprint density at radius 1 is 1.33 bits per heavy atom. The topological polar surface area (TPSA) is 102 Å². The summed E-state index contributed by atoms with van der Waals surface area (Å²) < 4.78 is 36.8. The SMILES string of the molecule is CCCC(NS(=O)(=O)c1ccc(OC)cc1OC)C(=O)O. The van der Waals surface area contributed by atoms with Crippen LogP contribution in [0.3, 0.4) is 0 Å². The minimum atomic E-state index is -4.01. The van der Waals surface area contributed by atoms with Gasteiger partial charge in [-0.2, -0.15) is 4.72 Å². The summed E-state index contributed by atoms with van der Waals surface area (Å²) >= 11 is 0. The first-order valence-corrected chi connectivity index (χ1v) is 7.81. The lowest BCUT2D eigenvalue weighted by Gasteiger charge is -2.16. The summed E-state index contributed by atoms with van der Waals surface area (Å²) in [5, 5.41) is 9.05. The van der Waals surface area contributed by atoms with Crippen molar-refractivity contribution in [3.05, 3.63) is 18.2 Å². The highest BCUT2D eigenvalue weighted by Crippen LogP contribution is 2.28. The third-order valence-electron chi connectivity index (χ3n) is 2.83. The van der Waals surface area contributed by atoms with Crippen LogP contribution < -0.4 is 14.2 Å². The van der Waals surface area contributed by atoms with Crippen LogP contribution in [0, 0.1) is 0 Å². The van der Waals surface area contributed by atoms with Gasteiger partial charge in [0.05, 0.1) is 14.2 Å². The van der Waals surface area contributed by atoms with Crippen LogP contribution in [0.5, 0.6) is 11.5 Å². The normalized spacial score (nSPS) is 12.7. The lowest BCUT2D eigenvalue weighted by Crippen LogP contribution is -2.40. The van der Waals surface area contributed by atoms with Crippen molar-refractivity contribution in [1.29, 1.82) is 0 Å². The van der Waals surface area contributed by atoms with Gasteiger partial charge in [-0.25, -0.2) is 8.42 Å². The summed E-state index contributed by atoms with van der Waals surface area (Å²) in [6, 6.07) is 3.02. The van der Waals surface area contributed by atoms with Crippen LogP contribution >= 0.6 is 0 Å². The number of carboxylic acid groups (broad SMARTS) is 1. The molecule has 8 heteroatoms. The van der Waals surface area contributed by atoms with Gasteiger partial charge in [0.25, 0.3) is 0 Å². The minimum absolute atomic E-state index is 0.0856. The van der Waals surface area contributed by atoms with Crippen molar-refractivity contribution in [2.24, 2.45) is 0 Å². The number of nitrogens with one attached hydrogen (secondary N) is 1. The van der Waals surface area contributed by atoms with Crippen LogP contribution in [0.2, 0.25) is 0 Å². The largest absolute Gasteiger partial charge is 0.497 e. The first-order chi connectivity index (χ1) is 9.85. The first-order valence-electron chi connectivity index (χ1n) is 6.32. The summed E-state index contributed by atoms with van der Waals surface area (Å²) in [4.78, 5) is 10.9. The number of aliphatic carboxylic acids is 1. The number of methoxy groups -OCH3 is 2. The molecule has 0 heterocycles. The van der Waals surface area contributed by atoms with Gasteiger partial charge in [-0.15, -0.1) is 0 Å². The van der Waals surface area contributed by atoms with E-state index in [0.29, 0.717) is 12.2 Å². The Hall–Kier alpha value is -1.80. The quantitative estimate of drug-likeness (QED) is 0.748. The van der Waals surface area contributed by atoms with Crippen molar-refractivity contribution in [1.82, 2.24) is 4.72 Å². The van der Waals surface area contributed by atoms with Crippen molar-refractivity contribution in [2.75, 3.05) is 14.2 Å². The molecule has 0 saturated heterocycles. The molecule has 1 atom stereocenters. The standard InChI is InChI=1S/C13H19NO6S/c1-4-5-10(13(15)16)14-21(17,18)12-7-6-9(19-2)8-11(12)20-3/h6-8,10,14H,4-5H2,1-3H3,(H,15,16). The second-order valence-electron chi connectivity index (χ2n) is 4.32. The van der Waals surface area contributed by atoms with E-state index < -0.39 is 22.0 Å². The van der Waals surface area contributed by atoms with Crippen LogP contribution in [0.15, 0.2) is 23.1 Å². The molecule has 0 aliphatic carbocycles. The zero-order valence-corrected chi connectivity index (χ0v) is 12.9. The molecule has 1 unspecified atom stereocenters. The highest BCUT2D eigenvalue weighted by atomic mass is 32.2. The van der Waals surface area contributed by atoms with E-state index in [-0.39, 0.29) is 17.1 Å². The van der Waals surface area contributed by atoms with Crippen LogP contribution in [0.1, 0.15) is 19.8 Å². The van der Waals surface area contributed by atoms with Crippen molar-refractivity contribution in [3.63, 3.8) is 0 Å². The number of ether oxygens (including phenoxy) is 2. The molecular weight excluding hydrogens is 298 g/mol. The number of carbonyl (C=O) groups is 1. The number of rotatable bonds is 8. The predicted octanol–water partition coefficient (Wildman–Crippen LogP) is 1.24. The van der Waals surface area contributed by atoms with Gasteiger partial charge >= 0.3 is 5.97 Å². The summed E-state index contributed by atoms with van der Waals surface area (Å²) in [5.74, 6) is -0.690. The highest BCUT2D eigenvalue weighted by Gasteiger charge is 2.27. The molecule has 0 amide bonds. The Morgan fingerprint density at radius 3 is 2.48 bits per heavy atom. The van der Waals surface area contributed by atoms with Gasteiger partial charge in [-0.3, -0.25) is 4.79 Å². The van der Waals surface area contributed by atoms with Crippen molar-refractivity contribution < 1.29 is 27.8 Å². The van der Waals surface area contributed by atoms with Gasteiger partial charge in [0.1, 0.15) is 22.4 Å². The van der Waals surface area contributed by atoms with Gasteiger partial charge in [0.15, 0.2) is 0 Å². The Bertz CT molecular complexity index is 599. The van der Waals surface area contributed by atoms with Crippen LogP contribution in [-0.2, 0) is 14.8 Å². The van der Waals surface area contributed by atoms with E-state index in [4.69, 9.17) is 14.6 Å². The highest BCUT2D eigenvalue weighted by molar-refractivity contribution is 7.89. The van der Waals surface area contributed by atoms with Gasteiger partial charge in [0, 0.05) is 6.07 Å². The number of benzene rings is 1. The fraction of sp³-hybridized carbons (Fsp3) is 0.462. The van der Waals surface area contributed by atoms with E-state index in [1.807, 2.05) is 0 Å². The number of carboxylic acids is 1. The maximum absolute atomic E-state index is 12.3. The Morgan fingerprint density at radius 2 is 2.00 bits per heavy atom. The van der Waals surface area contributed by atoms with Crippen molar-refractivity contribution in [2.45, 2.75) is 30.7 Å². The Balaban J connectivity index is 3.15. The average molecular weight is 317 g/mol. The Kier molecular flexibility index (Phi) is 5.98. The van der Waals surface area contributed by atoms with E-state index in [9.17, 15) is 13.2 Å². The maximum atomic E-state index is 12.3. The molecule has 1 aromatic carbocycles. The molecule has 118 valence electrons. The summed E-state index contributed by atoms with van der Waals surface area (Å²) in [6.07, 6.45) is 0.742. The molecule has 0 bridgehead atoms. The van der Waals surface area contributed by atoms with Crippen LogP contribution in [0.25, 0.3) is 0 Å². The smallest absolute Gasteiger partial charge is 0.321 e. The molecule has 2 N–H and O–H groups in total. The Labute approximate surface area is 123 Å². The van der Waals surface area contributed by atoms with E-state index in [1.165, 1.54) is 32.4 Å². The summed E-state index contributed by atoms with van der Waals surface area (Å²) in [6.45, 7) is 1.78. The number of sulfonamides is 1. The van der Waals surface area contributed by atoms with Crippen molar-refractivity contribution in [3.8, 4) is 11.5 Å². The average Bonchev–Trinajstić information content (AvgIpc) is 2.45. The van der Waals surface area contributed by atoms with Crippen LogP contribution in [-0.4, -0.2) is 39.8 Å². The van der Waals surface area contributed by atoms with Gasteiger partial charge in [-0.1, -0.05) is 13.3 Å².